The fourth-order valence-electron chi connectivity index (χ4n) is 2.44. The molecule has 8 nitrogen and oxygen atoms in total. The molecule has 0 spiro atoms. The molecule has 132 valence electrons. The second kappa shape index (κ2) is 6.97. The van der Waals surface area contributed by atoms with Crippen LogP contribution in [0, 0.1) is 0 Å². The molecule has 3 heterocycles. The summed E-state index contributed by atoms with van der Waals surface area (Å²) in [6.07, 6.45) is 3.46. The summed E-state index contributed by atoms with van der Waals surface area (Å²) in [6, 6.07) is 0.519. The van der Waals surface area contributed by atoms with Crippen molar-refractivity contribution in [1.29, 1.82) is 0 Å². The molecule has 2 aromatic heterocycles. The Labute approximate surface area is 154 Å². The summed E-state index contributed by atoms with van der Waals surface area (Å²) in [5, 5.41) is 11.4. The highest BCUT2D eigenvalue weighted by molar-refractivity contribution is 6.34. The van der Waals surface area contributed by atoms with Crippen molar-refractivity contribution < 1.29 is 9.59 Å². The Kier molecular flexibility index (Phi) is 4.91. The Balaban J connectivity index is 1.71. The zero-order valence-electron chi connectivity index (χ0n) is 13.6. The van der Waals surface area contributed by atoms with Gasteiger partial charge in [-0.1, -0.05) is 28.4 Å². The van der Waals surface area contributed by atoms with Crippen LogP contribution in [0.5, 0.6) is 0 Å². The smallest absolute Gasteiger partial charge is 0.325 e. The minimum Gasteiger partial charge on any atom is -0.325 e. The van der Waals surface area contributed by atoms with Crippen LogP contribution in [0.15, 0.2) is 18.5 Å². The quantitative estimate of drug-likeness (QED) is 0.800. The molecule has 25 heavy (non-hydrogen) atoms. The van der Waals surface area contributed by atoms with E-state index in [-0.39, 0.29) is 24.9 Å². The minimum absolute atomic E-state index is 0.0180. The van der Waals surface area contributed by atoms with E-state index < -0.39 is 12.1 Å². The lowest BCUT2D eigenvalue weighted by atomic mass is 10.1. The maximum Gasteiger partial charge on any atom is 0.325 e. The second-order valence-corrected chi connectivity index (χ2v) is 6.84. The first kappa shape index (κ1) is 17.6. The highest BCUT2D eigenvalue weighted by Gasteiger charge is 2.38. The maximum absolute atomic E-state index is 12.5. The summed E-state index contributed by atoms with van der Waals surface area (Å²) < 4.78 is 1.70. The normalized spacial score (nSPS) is 17.5. The van der Waals surface area contributed by atoms with Gasteiger partial charge >= 0.3 is 6.03 Å². The van der Waals surface area contributed by atoms with Crippen LogP contribution in [-0.4, -0.2) is 42.9 Å². The molecule has 1 aliphatic heterocycles. The third-order valence-electron chi connectivity index (χ3n) is 3.80. The Morgan fingerprint density at radius 2 is 2.08 bits per heavy atom. The van der Waals surface area contributed by atoms with Crippen LogP contribution < -0.4 is 5.32 Å². The van der Waals surface area contributed by atoms with Gasteiger partial charge in [-0.3, -0.25) is 14.7 Å². The number of imide groups is 1. The summed E-state index contributed by atoms with van der Waals surface area (Å²) in [4.78, 5) is 29.8. The Bertz CT molecular complexity index is 822. The van der Waals surface area contributed by atoms with Crippen LogP contribution in [-0.2, 0) is 17.8 Å². The summed E-state index contributed by atoms with van der Waals surface area (Å²) >= 11 is 11.9. The molecule has 3 rings (SSSR count). The lowest BCUT2D eigenvalue weighted by molar-refractivity contribution is -0.127. The predicted molar refractivity (Wildman–Crippen MR) is 91.2 cm³/mol. The molecular weight excluding hydrogens is 367 g/mol. The average molecular weight is 383 g/mol. The number of urea groups is 1. The number of aromatic nitrogens is 4. The molecule has 0 saturated carbocycles. The fourth-order valence-corrected chi connectivity index (χ4v) is 2.88. The number of carbonyl (C=O) groups is 2. The molecule has 1 fully saturated rings. The molecule has 0 bridgehead atoms. The van der Waals surface area contributed by atoms with E-state index in [1.54, 1.807) is 10.9 Å². The molecule has 1 aliphatic rings. The van der Waals surface area contributed by atoms with Gasteiger partial charge in [0.25, 0.3) is 5.91 Å². The molecule has 0 aromatic carbocycles. The van der Waals surface area contributed by atoms with Crippen molar-refractivity contribution in [3.05, 3.63) is 39.9 Å². The molecule has 0 radical (unpaired) electrons. The Morgan fingerprint density at radius 1 is 1.32 bits per heavy atom. The summed E-state index contributed by atoms with van der Waals surface area (Å²) in [5.74, 6) is -0.350. The molecule has 0 aliphatic carbocycles. The van der Waals surface area contributed by atoms with Gasteiger partial charge in [0.1, 0.15) is 6.04 Å². The van der Waals surface area contributed by atoms with Crippen molar-refractivity contribution in [3.8, 4) is 0 Å². The lowest BCUT2D eigenvalue weighted by Crippen LogP contribution is -2.32. The number of nitrogens with zero attached hydrogens (tertiary/aromatic N) is 5. The highest BCUT2D eigenvalue weighted by Crippen LogP contribution is 2.22. The number of halogens is 2. The molecule has 1 unspecified atom stereocenters. The van der Waals surface area contributed by atoms with Crippen LogP contribution >= 0.6 is 23.2 Å². The van der Waals surface area contributed by atoms with Crippen LogP contribution in [0.25, 0.3) is 0 Å². The molecule has 3 amide bonds. The first-order valence-electron chi connectivity index (χ1n) is 7.67. The van der Waals surface area contributed by atoms with Crippen molar-refractivity contribution in [3.63, 3.8) is 0 Å². The van der Waals surface area contributed by atoms with E-state index in [2.05, 4.69) is 20.6 Å². The standard InChI is InChI=1S/C15H16Cl2N6O2/c1-8(2)23-6-10(20-21-23)4-12-14(24)22(15(25)19-12)7-13-11(17)3-9(16)5-18-13/h3,5-6,8,12H,4,7H2,1-2H3,(H,19,25). The molecule has 1 N–H and O–H groups in total. The van der Waals surface area contributed by atoms with Gasteiger partial charge in [-0.15, -0.1) is 5.10 Å². The van der Waals surface area contributed by atoms with E-state index in [1.165, 1.54) is 12.3 Å². The van der Waals surface area contributed by atoms with Crippen LogP contribution in [0.4, 0.5) is 4.79 Å². The number of pyridine rings is 1. The van der Waals surface area contributed by atoms with Crippen molar-refractivity contribution in [2.45, 2.75) is 38.9 Å². The van der Waals surface area contributed by atoms with Gasteiger partial charge in [0.2, 0.25) is 0 Å². The van der Waals surface area contributed by atoms with E-state index in [0.717, 1.165) is 4.90 Å². The van der Waals surface area contributed by atoms with Crippen molar-refractivity contribution in [2.75, 3.05) is 0 Å². The summed E-state index contributed by atoms with van der Waals surface area (Å²) in [6.45, 7) is 3.94. The number of nitrogens with one attached hydrogen (secondary N) is 1. The van der Waals surface area contributed by atoms with Gasteiger partial charge in [0.15, 0.2) is 0 Å². The van der Waals surface area contributed by atoms with Gasteiger partial charge in [-0.2, -0.15) is 0 Å². The van der Waals surface area contributed by atoms with E-state index >= 15 is 0 Å². The molecule has 10 heteroatoms. The van der Waals surface area contributed by atoms with E-state index in [9.17, 15) is 9.59 Å². The number of hydrogen-bond acceptors (Lipinski definition) is 5. The topological polar surface area (TPSA) is 93.0 Å². The summed E-state index contributed by atoms with van der Waals surface area (Å²) in [5.41, 5.74) is 1.04. The van der Waals surface area contributed by atoms with E-state index in [4.69, 9.17) is 23.2 Å². The van der Waals surface area contributed by atoms with Crippen LogP contribution in [0.1, 0.15) is 31.3 Å². The van der Waals surface area contributed by atoms with Crippen molar-refractivity contribution in [2.24, 2.45) is 0 Å². The maximum atomic E-state index is 12.5. The van der Waals surface area contributed by atoms with E-state index in [1.807, 2.05) is 13.8 Å². The highest BCUT2D eigenvalue weighted by atomic mass is 35.5. The first-order valence-corrected chi connectivity index (χ1v) is 8.43. The molecule has 1 atom stereocenters. The van der Waals surface area contributed by atoms with Crippen molar-refractivity contribution in [1.82, 2.24) is 30.2 Å². The van der Waals surface area contributed by atoms with Crippen LogP contribution in [0.3, 0.4) is 0 Å². The van der Waals surface area contributed by atoms with Gasteiger partial charge < -0.3 is 5.32 Å². The number of rotatable bonds is 5. The predicted octanol–water partition coefficient (Wildman–Crippen LogP) is 2.22. The van der Waals surface area contributed by atoms with Gasteiger partial charge in [0.05, 0.1) is 28.0 Å². The van der Waals surface area contributed by atoms with Gasteiger partial charge in [0, 0.05) is 24.9 Å². The molecule has 2 aromatic rings. The number of carbonyl (C=O) groups excluding carboxylic acids is 2. The summed E-state index contributed by atoms with van der Waals surface area (Å²) in [7, 11) is 0. The second-order valence-electron chi connectivity index (χ2n) is 6.00. The molecular formula is C15H16Cl2N6O2. The van der Waals surface area contributed by atoms with Crippen molar-refractivity contribution >= 4 is 35.1 Å². The monoisotopic (exact) mass is 382 g/mol. The SMILES string of the molecule is CC(C)n1cc(CC2NC(=O)N(Cc3ncc(Cl)cc3Cl)C2=O)nn1. The fraction of sp³-hybridized carbons (Fsp3) is 0.400. The Hall–Kier alpha value is -2.19. The average Bonchev–Trinajstić information content (AvgIpc) is 3.10. The Morgan fingerprint density at radius 3 is 2.72 bits per heavy atom. The molecule has 1 saturated heterocycles. The van der Waals surface area contributed by atoms with E-state index in [0.29, 0.717) is 21.4 Å². The zero-order valence-corrected chi connectivity index (χ0v) is 15.1. The van der Waals surface area contributed by atoms with Gasteiger partial charge in [-0.25, -0.2) is 9.48 Å². The number of hydrogen-bond donors (Lipinski definition) is 1. The largest absolute Gasteiger partial charge is 0.325 e. The minimum atomic E-state index is -0.684. The lowest BCUT2D eigenvalue weighted by Gasteiger charge is -2.13. The third kappa shape index (κ3) is 3.74. The van der Waals surface area contributed by atoms with Crippen LogP contribution in [0.2, 0.25) is 10.0 Å². The zero-order chi connectivity index (χ0) is 18.1. The first-order chi connectivity index (χ1) is 11.8. The van der Waals surface area contributed by atoms with Gasteiger partial charge in [-0.05, 0) is 19.9 Å². The third-order valence-corrected chi connectivity index (χ3v) is 4.33. The number of amides is 3.